The van der Waals surface area contributed by atoms with Gasteiger partial charge in [0, 0.05) is 12.2 Å². The van der Waals surface area contributed by atoms with Gasteiger partial charge in [-0.2, -0.15) is 0 Å². The number of carbonyl (C=O) groups is 1. The third-order valence-electron chi connectivity index (χ3n) is 3.64. The summed E-state index contributed by atoms with van der Waals surface area (Å²) in [6.45, 7) is 0.687. The first-order valence-corrected chi connectivity index (χ1v) is 5.94. The van der Waals surface area contributed by atoms with E-state index in [-0.39, 0.29) is 11.7 Å². The molecule has 1 aliphatic heterocycles. The van der Waals surface area contributed by atoms with Gasteiger partial charge in [-0.1, -0.05) is 6.07 Å². The zero-order valence-corrected chi connectivity index (χ0v) is 9.40. The second-order valence-corrected chi connectivity index (χ2v) is 4.84. The van der Waals surface area contributed by atoms with Crippen molar-refractivity contribution in [2.75, 3.05) is 11.4 Å². The highest BCUT2D eigenvalue weighted by atomic mass is 19.1. The zero-order chi connectivity index (χ0) is 12.0. The van der Waals surface area contributed by atoms with Crippen LogP contribution < -0.4 is 4.90 Å². The van der Waals surface area contributed by atoms with Crippen LogP contribution in [0.25, 0.3) is 0 Å². The number of aliphatic carboxylic acids is 1. The molecule has 1 aliphatic carbocycles. The van der Waals surface area contributed by atoms with E-state index in [0.29, 0.717) is 6.54 Å². The molecule has 1 saturated carbocycles. The Labute approximate surface area is 98.9 Å². The average molecular weight is 235 g/mol. The molecule has 0 amide bonds. The molecule has 1 aromatic carbocycles. The minimum atomic E-state index is -0.787. The molecule has 3 nitrogen and oxygen atoms in total. The van der Waals surface area contributed by atoms with Gasteiger partial charge >= 0.3 is 5.97 Å². The summed E-state index contributed by atoms with van der Waals surface area (Å²) < 4.78 is 13.2. The number of benzene rings is 1. The van der Waals surface area contributed by atoms with Crippen molar-refractivity contribution in [2.45, 2.75) is 25.3 Å². The van der Waals surface area contributed by atoms with Crippen LogP contribution in [-0.2, 0) is 11.2 Å². The summed E-state index contributed by atoms with van der Waals surface area (Å²) in [6.07, 6.45) is 2.75. The summed E-state index contributed by atoms with van der Waals surface area (Å²) in [5.41, 5.74) is 1.82. The van der Waals surface area contributed by atoms with E-state index in [1.165, 1.54) is 12.1 Å². The topological polar surface area (TPSA) is 40.5 Å². The Bertz CT molecular complexity index is 470. The fourth-order valence-electron chi connectivity index (χ4n) is 2.67. The Kier molecular flexibility index (Phi) is 2.31. The molecule has 1 aromatic rings. The molecule has 0 radical (unpaired) electrons. The molecule has 0 spiro atoms. The summed E-state index contributed by atoms with van der Waals surface area (Å²) in [7, 11) is 0. The highest BCUT2D eigenvalue weighted by molar-refractivity contribution is 5.80. The third-order valence-corrected chi connectivity index (χ3v) is 3.64. The van der Waals surface area contributed by atoms with Gasteiger partial charge in [0.25, 0.3) is 0 Å². The lowest BCUT2D eigenvalue weighted by Crippen LogP contribution is -2.42. The fraction of sp³-hybridized carbons (Fsp3) is 0.462. The largest absolute Gasteiger partial charge is 0.480 e. The van der Waals surface area contributed by atoms with Crippen molar-refractivity contribution in [3.63, 3.8) is 0 Å². The molecule has 0 bridgehead atoms. The van der Waals surface area contributed by atoms with E-state index in [1.54, 1.807) is 6.07 Å². The molecule has 1 fully saturated rings. The van der Waals surface area contributed by atoms with Gasteiger partial charge in [-0.25, -0.2) is 9.18 Å². The van der Waals surface area contributed by atoms with Gasteiger partial charge in [-0.05, 0) is 42.9 Å². The van der Waals surface area contributed by atoms with E-state index in [0.717, 1.165) is 30.5 Å². The summed E-state index contributed by atoms with van der Waals surface area (Å²) in [6, 6.07) is 4.19. The molecule has 1 unspecified atom stereocenters. The molecular formula is C13H14FNO2. The molecule has 17 heavy (non-hydrogen) atoms. The van der Waals surface area contributed by atoms with E-state index >= 15 is 0 Å². The van der Waals surface area contributed by atoms with Crippen molar-refractivity contribution >= 4 is 11.7 Å². The van der Waals surface area contributed by atoms with Crippen LogP contribution in [0.2, 0.25) is 0 Å². The lowest BCUT2D eigenvalue weighted by Gasteiger charge is -2.27. The van der Waals surface area contributed by atoms with Crippen molar-refractivity contribution in [3.8, 4) is 0 Å². The third kappa shape index (κ3) is 1.77. The maximum atomic E-state index is 13.2. The van der Waals surface area contributed by atoms with Crippen LogP contribution in [0.5, 0.6) is 0 Å². The summed E-state index contributed by atoms with van der Waals surface area (Å²) in [4.78, 5) is 13.2. The van der Waals surface area contributed by atoms with Crippen LogP contribution in [0.3, 0.4) is 0 Å². The Morgan fingerprint density at radius 3 is 2.88 bits per heavy atom. The normalized spacial score (nSPS) is 20.2. The lowest BCUT2D eigenvalue weighted by molar-refractivity contribution is -0.139. The number of carboxylic acids is 1. The number of anilines is 1. The van der Waals surface area contributed by atoms with Crippen molar-refractivity contribution in [2.24, 2.45) is 5.92 Å². The number of hydrogen-bond donors (Lipinski definition) is 1. The number of carboxylic acid groups (broad SMARTS) is 1. The predicted octanol–water partition coefficient (Wildman–Crippen LogP) is 2.05. The standard InChI is InChI=1S/C13H14FNO2/c14-10-4-3-8-5-6-15(11(8)7-10)12(13(16)17)9-1-2-9/h3-4,7,9,12H,1-2,5-6H2,(H,16,17). The number of halogens is 1. The van der Waals surface area contributed by atoms with Gasteiger partial charge < -0.3 is 10.0 Å². The number of rotatable bonds is 3. The van der Waals surface area contributed by atoms with Crippen LogP contribution in [-0.4, -0.2) is 23.7 Å². The summed E-state index contributed by atoms with van der Waals surface area (Å²) in [5, 5.41) is 9.30. The van der Waals surface area contributed by atoms with Crippen LogP contribution in [0, 0.1) is 11.7 Å². The second-order valence-electron chi connectivity index (χ2n) is 4.84. The molecule has 2 aliphatic rings. The Morgan fingerprint density at radius 1 is 1.47 bits per heavy atom. The highest BCUT2D eigenvalue weighted by Crippen LogP contribution is 2.40. The first-order valence-electron chi connectivity index (χ1n) is 5.94. The molecule has 0 aromatic heterocycles. The first-order chi connectivity index (χ1) is 8.16. The monoisotopic (exact) mass is 235 g/mol. The molecule has 4 heteroatoms. The molecule has 1 atom stereocenters. The van der Waals surface area contributed by atoms with Gasteiger partial charge in [0.2, 0.25) is 0 Å². The molecular weight excluding hydrogens is 221 g/mol. The van der Waals surface area contributed by atoms with Crippen molar-refractivity contribution in [1.29, 1.82) is 0 Å². The molecule has 0 saturated heterocycles. The Balaban J connectivity index is 1.96. The Morgan fingerprint density at radius 2 is 2.24 bits per heavy atom. The minimum Gasteiger partial charge on any atom is -0.480 e. The van der Waals surface area contributed by atoms with Gasteiger partial charge in [0.15, 0.2) is 0 Å². The zero-order valence-electron chi connectivity index (χ0n) is 9.40. The lowest BCUT2D eigenvalue weighted by atomic mass is 10.1. The maximum absolute atomic E-state index is 13.2. The molecule has 3 rings (SSSR count). The van der Waals surface area contributed by atoms with E-state index in [2.05, 4.69) is 0 Å². The van der Waals surface area contributed by atoms with Crippen molar-refractivity contribution in [1.82, 2.24) is 0 Å². The van der Waals surface area contributed by atoms with Gasteiger partial charge in [0.05, 0.1) is 0 Å². The summed E-state index contributed by atoms with van der Waals surface area (Å²) >= 11 is 0. The quantitative estimate of drug-likeness (QED) is 0.871. The van der Waals surface area contributed by atoms with Crippen molar-refractivity contribution in [3.05, 3.63) is 29.6 Å². The van der Waals surface area contributed by atoms with Crippen LogP contribution in [0.1, 0.15) is 18.4 Å². The first kappa shape index (κ1) is 10.6. The van der Waals surface area contributed by atoms with Gasteiger partial charge in [-0.3, -0.25) is 0 Å². The smallest absolute Gasteiger partial charge is 0.326 e. The Hall–Kier alpha value is -1.58. The van der Waals surface area contributed by atoms with Gasteiger partial charge in [0.1, 0.15) is 11.9 Å². The molecule has 1 N–H and O–H groups in total. The number of nitrogens with zero attached hydrogens (tertiary/aromatic N) is 1. The minimum absolute atomic E-state index is 0.238. The average Bonchev–Trinajstić information content (AvgIpc) is 3.01. The number of hydrogen-bond acceptors (Lipinski definition) is 2. The van der Waals surface area contributed by atoms with Gasteiger partial charge in [-0.15, -0.1) is 0 Å². The maximum Gasteiger partial charge on any atom is 0.326 e. The second kappa shape index (κ2) is 3.72. The van der Waals surface area contributed by atoms with Crippen LogP contribution in [0.15, 0.2) is 18.2 Å². The van der Waals surface area contributed by atoms with E-state index in [9.17, 15) is 14.3 Å². The number of fused-ring (bicyclic) bond motifs is 1. The summed E-state index contributed by atoms with van der Waals surface area (Å²) in [5.74, 6) is -0.845. The van der Waals surface area contributed by atoms with E-state index in [1.807, 2.05) is 4.90 Å². The van der Waals surface area contributed by atoms with E-state index in [4.69, 9.17) is 0 Å². The highest BCUT2D eigenvalue weighted by Gasteiger charge is 2.42. The predicted molar refractivity (Wildman–Crippen MR) is 61.6 cm³/mol. The fourth-order valence-corrected chi connectivity index (χ4v) is 2.67. The molecule has 1 heterocycles. The van der Waals surface area contributed by atoms with Crippen LogP contribution >= 0.6 is 0 Å². The van der Waals surface area contributed by atoms with Crippen molar-refractivity contribution < 1.29 is 14.3 Å². The SMILES string of the molecule is O=C(O)C(C1CC1)N1CCc2ccc(F)cc21. The molecule has 90 valence electrons. The van der Waals surface area contributed by atoms with Crippen LogP contribution in [0.4, 0.5) is 10.1 Å². The van der Waals surface area contributed by atoms with E-state index < -0.39 is 12.0 Å².